The van der Waals surface area contributed by atoms with Crippen LogP contribution >= 0.6 is 0 Å². The van der Waals surface area contributed by atoms with Crippen molar-refractivity contribution in [2.24, 2.45) is 0 Å². The molecule has 1 rings (SSSR count). The molecule has 0 amide bonds. The fraction of sp³-hybridized carbons (Fsp3) is 0.300. The van der Waals surface area contributed by atoms with E-state index in [4.69, 9.17) is 15.6 Å². The van der Waals surface area contributed by atoms with Crippen molar-refractivity contribution in [3.05, 3.63) is 23.9 Å². The summed E-state index contributed by atoms with van der Waals surface area (Å²) < 4.78 is 4.93. The first kappa shape index (κ1) is 10.5. The number of hydrogen-bond acceptors (Lipinski definition) is 4. The molecule has 1 aromatic heterocycles. The van der Waals surface area contributed by atoms with Gasteiger partial charge in [-0.05, 0) is 18.1 Å². The summed E-state index contributed by atoms with van der Waals surface area (Å²) in [6, 6.07) is 1.78. The van der Waals surface area contributed by atoms with E-state index in [1.54, 1.807) is 12.3 Å². The molecule has 14 heavy (non-hydrogen) atoms. The average Bonchev–Trinajstić information content (AvgIpc) is 2.18. The third-order valence-electron chi connectivity index (χ3n) is 1.70. The molecule has 0 spiro atoms. The van der Waals surface area contributed by atoms with Gasteiger partial charge in [-0.15, -0.1) is 0 Å². The number of nitrogen functional groups attached to an aromatic ring is 1. The lowest BCUT2D eigenvalue weighted by atomic mass is 10.2. The second-order valence-corrected chi connectivity index (χ2v) is 2.78. The number of hydrogen-bond donors (Lipinski definition) is 2. The summed E-state index contributed by atoms with van der Waals surface area (Å²) in [7, 11) is 1.53. The lowest BCUT2D eigenvalue weighted by molar-refractivity contribution is 0.303. The molecule has 0 aliphatic heterocycles. The Bertz CT molecular complexity index is 324. The van der Waals surface area contributed by atoms with Gasteiger partial charge in [0.25, 0.3) is 0 Å². The number of anilines is 1. The minimum atomic E-state index is 0.148. The number of nitrogens with zero attached hydrogens (tertiary/aromatic N) is 1. The SMILES string of the molecule is COc1ncc(C=CCCO)cc1N. The van der Waals surface area contributed by atoms with E-state index in [0.29, 0.717) is 18.0 Å². The molecule has 0 bridgehead atoms. The van der Waals surface area contributed by atoms with Crippen LogP contribution in [-0.4, -0.2) is 23.8 Å². The van der Waals surface area contributed by atoms with Crippen LogP contribution in [0.25, 0.3) is 6.08 Å². The normalized spacial score (nSPS) is 10.7. The Morgan fingerprint density at radius 1 is 1.64 bits per heavy atom. The number of ether oxygens (including phenoxy) is 1. The highest BCUT2D eigenvalue weighted by atomic mass is 16.5. The zero-order valence-electron chi connectivity index (χ0n) is 8.10. The average molecular weight is 194 g/mol. The summed E-state index contributed by atoms with van der Waals surface area (Å²) in [5.74, 6) is 0.435. The fourth-order valence-corrected chi connectivity index (χ4v) is 1.04. The molecule has 4 heteroatoms. The molecule has 0 aliphatic rings. The molecule has 4 nitrogen and oxygen atoms in total. The Kier molecular flexibility index (Phi) is 3.94. The minimum absolute atomic E-state index is 0.148. The third kappa shape index (κ3) is 2.74. The number of aliphatic hydroxyl groups excluding tert-OH is 1. The number of aromatic nitrogens is 1. The van der Waals surface area contributed by atoms with Gasteiger partial charge < -0.3 is 15.6 Å². The summed E-state index contributed by atoms with van der Waals surface area (Å²) in [5, 5.41) is 8.57. The van der Waals surface area contributed by atoms with Crippen LogP contribution in [-0.2, 0) is 0 Å². The van der Waals surface area contributed by atoms with Crippen LogP contribution in [0.2, 0.25) is 0 Å². The number of rotatable bonds is 4. The lowest BCUT2D eigenvalue weighted by Gasteiger charge is -2.02. The summed E-state index contributed by atoms with van der Waals surface area (Å²) in [4.78, 5) is 4.01. The van der Waals surface area contributed by atoms with Crippen molar-refractivity contribution in [3.8, 4) is 5.88 Å². The highest BCUT2D eigenvalue weighted by molar-refractivity contribution is 5.58. The van der Waals surface area contributed by atoms with E-state index in [1.165, 1.54) is 7.11 Å². The van der Waals surface area contributed by atoms with E-state index < -0.39 is 0 Å². The van der Waals surface area contributed by atoms with Gasteiger partial charge >= 0.3 is 0 Å². The first-order valence-electron chi connectivity index (χ1n) is 4.35. The van der Waals surface area contributed by atoms with Crippen molar-refractivity contribution in [3.63, 3.8) is 0 Å². The predicted octanol–water partition coefficient (Wildman–Crippen LogP) is 1.07. The van der Waals surface area contributed by atoms with Gasteiger partial charge in [0.15, 0.2) is 0 Å². The van der Waals surface area contributed by atoms with Crippen LogP contribution in [0.3, 0.4) is 0 Å². The van der Waals surface area contributed by atoms with Crippen molar-refractivity contribution in [1.29, 1.82) is 0 Å². The van der Waals surface area contributed by atoms with Crippen molar-refractivity contribution in [2.75, 3.05) is 19.5 Å². The zero-order chi connectivity index (χ0) is 10.4. The Labute approximate surface area is 83.0 Å². The molecule has 3 N–H and O–H groups in total. The van der Waals surface area contributed by atoms with E-state index >= 15 is 0 Å². The molecule has 0 fully saturated rings. The topological polar surface area (TPSA) is 68.4 Å². The smallest absolute Gasteiger partial charge is 0.236 e. The van der Waals surface area contributed by atoms with Crippen LogP contribution in [0.4, 0.5) is 5.69 Å². The van der Waals surface area contributed by atoms with Crippen LogP contribution in [0.15, 0.2) is 18.3 Å². The van der Waals surface area contributed by atoms with Gasteiger partial charge in [0.1, 0.15) is 0 Å². The maximum atomic E-state index is 8.57. The van der Waals surface area contributed by atoms with Gasteiger partial charge in [-0.2, -0.15) is 0 Å². The fourth-order valence-electron chi connectivity index (χ4n) is 1.04. The van der Waals surface area contributed by atoms with Crippen molar-refractivity contribution in [1.82, 2.24) is 4.98 Å². The third-order valence-corrected chi connectivity index (χ3v) is 1.70. The van der Waals surface area contributed by atoms with Crippen molar-refractivity contribution < 1.29 is 9.84 Å². The van der Waals surface area contributed by atoms with E-state index in [1.807, 2.05) is 12.2 Å². The van der Waals surface area contributed by atoms with Gasteiger partial charge in [-0.3, -0.25) is 0 Å². The molecule has 0 aliphatic carbocycles. The molecule has 0 radical (unpaired) electrons. The number of aliphatic hydroxyl groups is 1. The van der Waals surface area contributed by atoms with Gasteiger partial charge in [-0.1, -0.05) is 12.2 Å². The van der Waals surface area contributed by atoms with Gasteiger partial charge in [0.05, 0.1) is 12.8 Å². The Balaban J connectivity index is 2.76. The molecule has 0 atom stereocenters. The maximum Gasteiger partial charge on any atom is 0.236 e. The molecule has 1 heterocycles. The standard InChI is InChI=1S/C10H14N2O2/c1-14-10-9(11)6-8(7-12-10)4-2-3-5-13/h2,4,6-7,13H,3,5,11H2,1H3. The van der Waals surface area contributed by atoms with Crippen molar-refractivity contribution >= 4 is 11.8 Å². The summed E-state index contributed by atoms with van der Waals surface area (Å²) in [6.45, 7) is 0.148. The highest BCUT2D eigenvalue weighted by Crippen LogP contribution is 2.18. The molecule has 0 saturated carbocycles. The van der Waals surface area contributed by atoms with E-state index in [0.717, 1.165) is 5.56 Å². The molecule has 0 unspecified atom stereocenters. The lowest BCUT2D eigenvalue weighted by Crippen LogP contribution is -1.95. The van der Waals surface area contributed by atoms with E-state index in [2.05, 4.69) is 4.98 Å². The monoisotopic (exact) mass is 194 g/mol. The molecular formula is C10H14N2O2. The Morgan fingerprint density at radius 2 is 2.43 bits per heavy atom. The second kappa shape index (κ2) is 5.24. The van der Waals surface area contributed by atoms with E-state index in [-0.39, 0.29) is 6.61 Å². The maximum absolute atomic E-state index is 8.57. The van der Waals surface area contributed by atoms with Gasteiger partial charge in [-0.25, -0.2) is 4.98 Å². The van der Waals surface area contributed by atoms with E-state index in [9.17, 15) is 0 Å². The van der Waals surface area contributed by atoms with Gasteiger partial charge in [0, 0.05) is 12.8 Å². The highest BCUT2D eigenvalue weighted by Gasteiger charge is 1.99. The number of nitrogens with two attached hydrogens (primary N) is 1. The summed E-state index contributed by atoms with van der Waals surface area (Å²) in [5.41, 5.74) is 7.08. The summed E-state index contributed by atoms with van der Waals surface area (Å²) in [6.07, 6.45) is 6.02. The first-order chi connectivity index (χ1) is 6.77. The Hall–Kier alpha value is -1.55. The van der Waals surface area contributed by atoms with Crippen molar-refractivity contribution in [2.45, 2.75) is 6.42 Å². The number of methoxy groups -OCH3 is 1. The quantitative estimate of drug-likeness (QED) is 0.752. The zero-order valence-corrected chi connectivity index (χ0v) is 8.10. The molecule has 0 aromatic carbocycles. The molecule has 76 valence electrons. The summed E-state index contributed by atoms with van der Waals surface area (Å²) >= 11 is 0. The van der Waals surface area contributed by atoms with Crippen LogP contribution in [0.5, 0.6) is 5.88 Å². The second-order valence-electron chi connectivity index (χ2n) is 2.78. The van der Waals surface area contributed by atoms with Crippen LogP contribution < -0.4 is 10.5 Å². The van der Waals surface area contributed by atoms with Crippen LogP contribution in [0, 0.1) is 0 Å². The minimum Gasteiger partial charge on any atom is -0.480 e. The molecular weight excluding hydrogens is 180 g/mol. The predicted molar refractivity (Wildman–Crippen MR) is 55.9 cm³/mol. The van der Waals surface area contributed by atoms with Crippen LogP contribution in [0.1, 0.15) is 12.0 Å². The van der Waals surface area contributed by atoms with Gasteiger partial charge in [0.2, 0.25) is 5.88 Å². The largest absolute Gasteiger partial charge is 0.480 e. The number of pyridine rings is 1. The Morgan fingerprint density at radius 3 is 3.00 bits per heavy atom. The molecule has 0 saturated heterocycles. The first-order valence-corrected chi connectivity index (χ1v) is 4.35. The molecule has 1 aromatic rings.